The summed E-state index contributed by atoms with van der Waals surface area (Å²) in [6, 6.07) is 8.49. The fourth-order valence-corrected chi connectivity index (χ4v) is 4.24. The molecular formula is C12H13ClN2O2S2. The number of sulfonamides is 1. The summed E-state index contributed by atoms with van der Waals surface area (Å²) in [4.78, 5) is 0. The first-order chi connectivity index (χ1) is 8.92. The van der Waals surface area contributed by atoms with Crippen molar-refractivity contribution in [1.82, 2.24) is 0 Å². The minimum atomic E-state index is -3.58. The van der Waals surface area contributed by atoms with Crippen LogP contribution in [0.25, 0.3) is 0 Å². The van der Waals surface area contributed by atoms with Gasteiger partial charge in [0.2, 0.25) is 0 Å². The highest BCUT2D eigenvalue weighted by Crippen LogP contribution is 2.31. The summed E-state index contributed by atoms with van der Waals surface area (Å²) in [6.07, 6.45) is 0. The van der Waals surface area contributed by atoms with Crippen LogP contribution in [0.1, 0.15) is 11.1 Å². The van der Waals surface area contributed by atoms with Crippen LogP contribution < -0.4 is 10.5 Å². The molecule has 1 aromatic heterocycles. The maximum Gasteiger partial charge on any atom is 0.271 e. The second kappa shape index (κ2) is 5.50. The van der Waals surface area contributed by atoms with Crippen molar-refractivity contribution >= 4 is 38.6 Å². The van der Waals surface area contributed by atoms with E-state index in [0.717, 1.165) is 22.5 Å². The van der Waals surface area contributed by atoms with Gasteiger partial charge in [0.15, 0.2) is 0 Å². The molecule has 1 aromatic carbocycles. The summed E-state index contributed by atoms with van der Waals surface area (Å²) in [5.41, 5.74) is 7.68. The summed E-state index contributed by atoms with van der Waals surface area (Å²) in [5.74, 6) is 0. The molecule has 0 fully saturated rings. The normalized spacial score (nSPS) is 11.5. The number of rotatable bonds is 4. The predicted molar refractivity (Wildman–Crippen MR) is 79.2 cm³/mol. The van der Waals surface area contributed by atoms with Crippen LogP contribution in [0.15, 0.2) is 34.5 Å². The number of thiophene rings is 1. The van der Waals surface area contributed by atoms with E-state index in [0.29, 0.717) is 16.6 Å². The lowest BCUT2D eigenvalue weighted by atomic mass is 10.2. The topological polar surface area (TPSA) is 72.2 Å². The number of anilines is 1. The van der Waals surface area contributed by atoms with Gasteiger partial charge in [-0.3, -0.25) is 4.72 Å². The number of halogens is 1. The molecule has 4 nitrogen and oxygen atoms in total. The molecule has 0 aliphatic rings. The van der Waals surface area contributed by atoms with E-state index in [-0.39, 0.29) is 4.21 Å². The highest BCUT2D eigenvalue weighted by Gasteiger charge is 2.18. The number of hydrogen-bond acceptors (Lipinski definition) is 4. The maximum absolute atomic E-state index is 12.1. The van der Waals surface area contributed by atoms with Crippen molar-refractivity contribution in [1.29, 1.82) is 0 Å². The largest absolute Gasteiger partial charge is 0.326 e. The van der Waals surface area contributed by atoms with Crippen molar-refractivity contribution in [2.24, 2.45) is 5.73 Å². The molecule has 0 bridgehead atoms. The average molecular weight is 317 g/mol. The maximum atomic E-state index is 12.1. The average Bonchev–Trinajstić information content (AvgIpc) is 2.71. The molecule has 7 heteroatoms. The van der Waals surface area contributed by atoms with Gasteiger partial charge < -0.3 is 5.73 Å². The Kier molecular flexibility index (Phi) is 4.15. The number of aryl methyl sites for hydroxylation is 1. The van der Waals surface area contributed by atoms with Crippen LogP contribution in [-0.2, 0) is 16.6 Å². The molecule has 102 valence electrons. The number of nitrogens with two attached hydrogens (primary N) is 1. The molecule has 0 aliphatic heterocycles. The molecule has 3 N–H and O–H groups in total. The Balaban J connectivity index is 2.25. The second-order valence-corrected chi connectivity index (χ2v) is 7.59. The van der Waals surface area contributed by atoms with Gasteiger partial charge in [-0.1, -0.05) is 23.7 Å². The molecule has 0 radical (unpaired) electrons. The van der Waals surface area contributed by atoms with Crippen molar-refractivity contribution < 1.29 is 8.42 Å². The Bertz CT molecular complexity index is 659. The molecular weight excluding hydrogens is 304 g/mol. The van der Waals surface area contributed by atoms with E-state index >= 15 is 0 Å². The number of benzene rings is 1. The summed E-state index contributed by atoms with van der Waals surface area (Å²) >= 11 is 6.93. The van der Waals surface area contributed by atoms with Crippen LogP contribution in [-0.4, -0.2) is 8.42 Å². The van der Waals surface area contributed by atoms with Gasteiger partial charge in [-0.05, 0) is 36.2 Å². The van der Waals surface area contributed by atoms with Crippen LogP contribution in [0, 0.1) is 6.92 Å². The molecule has 2 rings (SSSR count). The van der Waals surface area contributed by atoms with Crippen molar-refractivity contribution in [3.05, 3.63) is 45.8 Å². The van der Waals surface area contributed by atoms with E-state index in [4.69, 9.17) is 17.3 Å². The van der Waals surface area contributed by atoms with E-state index in [2.05, 4.69) is 4.72 Å². The third kappa shape index (κ3) is 3.27. The van der Waals surface area contributed by atoms with Crippen LogP contribution in [0.4, 0.5) is 5.69 Å². The SMILES string of the molecule is Cc1cc(S(=O)(=O)Nc2ccc(CN)cc2)sc1Cl. The first-order valence-electron chi connectivity index (χ1n) is 5.50. The number of nitrogens with one attached hydrogen (secondary N) is 1. The van der Waals surface area contributed by atoms with Crippen molar-refractivity contribution in [2.45, 2.75) is 17.7 Å². The van der Waals surface area contributed by atoms with Crippen LogP contribution in [0.5, 0.6) is 0 Å². The van der Waals surface area contributed by atoms with Gasteiger partial charge in [-0.25, -0.2) is 8.42 Å². The van der Waals surface area contributed by atoms with Gasteiger partial charge in [-0.15, -0.1) is 11.3 Å². The fourth-order valence-electron chi connectivity index (χ4n) is 1.48. The second-order valence-electron chi connectivity index (χ2n) is 4.03. The molecule has 0 atom stereocenters. The zero-order valence-electron chi connectivity index (χ0n) is 10.2. The molecule has 0 amide bonds. The van der Waals surface area contributed by atoms with Gasteiger partial charge in [0.05, 0.1) is 4.34 Å². The zero-order chi connectivity index (χ0) is 14.0. The molecule has 0 spiro atoms. The number of hydrogen-bond donors (Lipinski definition) is 2. The Morgan fingerprint density at radius 2 is 1.95 bits per heavy atom. The van der Waals surface area contributed by atoms with Crippen molar-refractivity contribution in [2.75, 3.05) is 4.72 Å². The van der Waals surface area contributed by atoms with Crippen molar-refractivity contribution in [3.63, 3.8) is 0 Å². The fraction of sp³-hybridized carbons (Fsp3) is 0.167. The van der Waals surface area contributed by atoms with E-state index in [1.54, 1.807) is 37.3 Å². The van der Waals surface area contributed by atoms with Gasteiger partial charge in [-0.2, -0.15) is 0 Å². The van der Waals surface area contributed by atoms with Crippen molar-refractivity contribution in [3.8, 4) is 0 Å². The zero-order valence-corrected chi connectivity index (χ0v) is 12.6. The quantitative estimate of drug-likeness (QED) is 0.911. The highest BCUT2D eigenvalue weighted by molar-refractivity contribution is 7.94. The highest BCUT2D eigenvalue weighted by atomic mass is 35.5. The first-order valence-corrected chi connectivity index (χ1v) is 8.18. The third-order valence-electron chi connectivity index (χ3n) is 2.54. The summed E-state index contributed by atoms with van der Waals surface area (Å²) in [5, 5.41) is 0. The molecule has 2 aromatic rings. The molecule has 0 saturated heterocycles. The lowest BCUT2D eigenvalue weighted by Crippen LogP contribution is -2.11. The first kappa shape index (κ1) is 14.3. The minimum absolute atomic E-state index is 0.206. The lowest BCUT2D eigenvalue weighted by molar-refractivity contribution is 0.603. The molecule has 0 aliphatic carbocycles. The Hall–Kier alpha value is -1.08. The Morgan fingerprint density at radius 3 is 2.42 bits per heavy atom. The van der Waals surface area contributed by atoms with Crippen LogP contribution in [0.2, 0.25) is 4.34 Å². The van der Waals surface area contributed by atoms with E-state index in [9.17, 15) is 8.42 Å². The van der Waals surface area contributed by atoms with E-state index < -0.39 is 10.0 Å². The van der Waals surface area contributed by atoms with Crippen LogP contribution in [0.3, 0.4) is 0 Å². The minimum Gasteiger partial charge on any atom is -0.326 e. The summed E-state index contributed by atoms with van der Waals surface area (Å²) in [7, 11) is -3.58. The Morgan fingerprint density at radius 1 is 1.32 bits per heavy atom. The van der Waals surface area contributed by atoms with E-state index in [1.165, 1.54) is 0 Å². The van der Waals surface area contributed by atoms with Gasteiger partial charge in [0.25, 0.3) is 10.0 Å². The monoisotopic (exact) mass is 316 g/mol. The summed E-state index contributed by atoms with van der Waals surface area (Å²) in [6.45, 7) is 2.20. The molecule has 0 saturated carbocycles. The van der Waals surface area contributed by atoms with Gasteiger partial charge >= 0.3 is 0 Å². The Labute approximate surface area is 121 Å². The molecule has 19 heavy (non-hydrogen) atoms. The smallest absolute Gasteiger partial charge is 0.271 e. The van der Waals surface area contributed by atoms with Gasteiger partial charge in [0, 0.05) is 12.2 Å². The third-order valence-corrected chi connectivity index (χ3v) is 5.95. The van der Waals surface area contributed by atoms with Crippen LogP contribution >= 0.6 is 22.9 Å². The summed E-state index contributed by atoms with van der Waals surface area (Å²) < 4.78 is 27.5. The van der Waals surface area contributed by atoms with Gasteiger partial charge in [0.1, 0.15) is 4.21 Å². The standard InChI is InChI=1S/C12H13ClN2O2S2/c1-8-6-11(18-12(8)13)19(16,17)15-10-4-2-9(7-14)3-5-10/h2-6,15H,7,14H2,1H3. The lowest BCUT2D eigenvalue weighted by Gasteiger charge is -2.06. The molecule has 0 unspecified atom stereocenters. The predicted octanol–water partition coefficient (Wildman–Crippen LogP) is 2.97. The van der Waals surface area contributed by atoms with E-state index in [1.807, 2.05) is 0 Å². The molecule has 1 heterocycles.